The number of phenolic OH excluding ortho intramolecular Hbond substituents is 1. The molecule has 18 heavy (non-hydrogen) atoms. The second-order valence-corrected chi connectivity index (χ2v) is 4.08. The SMILES string of the molecule is CCc1ccc(O)c(C(=O)N(C)CCC(=O)O)c1. The third kappa shape index (κ3) is 3.48. The molecule has 5 nitrogen and oxygen atoms in total. The van der Waals surface area contributed by atoms with Gasteiger partial charge in [-0.15, -0.1) is 0 Å². The van der Waals surface area contributed by atoms with Crippen LogP contribution in [0.4, 0.5) is 0 Å². The van der Waals surface area contributed by atoms with Gasteiger partial charge in [0.05, 0.1) is 12.0 Å². The molecule has 0 aliphatic heterocycles. The van der Waals surface area contributed by atoms with Crippen molar-refractivity contribution in [1.82, 2.24) is 4.90 Å². The quantitative estimate of drug-likeness (QED) is 0.831. The summed E-state index contributed by atoms with van der Waals surface area (Å²) in [6.45, 7) is 2.07. The minimum atomic E-state index is -0.957. The first-order valence-corrected chi connectivity index (χ1v) is 5.74. The molecule has 0 spiro atoms. The number of aryl methyl sites for hydroxylation is 1. The zero-order valence-corrected chi connectivity index (χ0v) is 10.5. The minimum absolute atomic E-state index is 0.0839. The van der Waals surface area contributed by atoms with Gasteiger partial charge in [-0.1, -0.05) is 13.0 Å². The van der Waals surface area contributed by atoms with Crippen LogP contribution in [0.2, 0.25) is 0 Å². The fourth-order valence-electron chi connectivity index (χ4n) is 1.54. The van der Waals surface area contributed by atoms with Crippen molar-refractivity contribution in [1.29, 1.82) is 0 Å². The minimum Gasteiger partial charge on any atom is -0.507 e. The highest BCUT2D eigenvalue weighted by atomic mass is 16.4. The molecule has 5 heteroatoms. The molecule has 0 heterocycles. The molecule has 0 aliphatic carbocycles. The largest absolute Gasteiger partial charge is 0.507 e. The van der Waals surface area contributed by atoms with Crippen LogP contribution in [-0.4, -0.2) is 40.6 Å². The molecule has 0 radical (unpaired) electrons. The van der Waals surface area contributed by atoms with E-state index in [-0.39, 0.29) is 30.2 Å². The van der Waals surface area contributed by atoms with Crippen molar-refractivity contribution in [2.24, 2.45) is 0 Å². The van der Waals surface area contributed by atoms with Crippen LogP contribution in [0.15, 0.2) is 18.2 Å². The van der Waals surface area contributed by atoms with E-state index in [4.69, 9.17) is 5.11 Å². The Morgan fingerprint density at radius 1 is 1.33 bits per heavy atom. The molecule has 0 fully saturated rings. The Labute approximate surface area is 106 Å². The maximum absolute atomic E-state index is 12.0. The van der Waals surface area contributed by atoms with Crippen molar-refractivity contribution in [3.63, 3.8) is 0 Å². The predicted molar refractivity (Wildman–Crippen MR) is 66.7 cm³/mol. The van der Waals surface area contributed by atoms with Crippen LogP contribution in [-0.2, 0) is 11.2 Å². The maximum atomic E-state index is 12.0. The summed E-state index contributed by atoms with van der Waals surface area (Å²) >= 11 is 0. The summed E-state index contributed by atoms with van der Waals surface area (Å²) in [5.41, 5.74) is 1.16. The smallest absolute Gasteiger partial charge is 0.305 e. The molecule has 2 N–H and O–H groups in total. The molecule has 0 aliphatic rings. The topological polar surface area (TPSA) is 77.8 Å². The molecule has 1 rings (SSSR count). The lowest BCUT2D eigenvalue weighted by molar-refractivity contribution is -0.137. The number of aliphatic carboxylic acids is 1. The Morgan fingerprint density at radius 2 is 2.00 bits per heavy atom. The number of benzene rings is 1. The predicted octanol–water partition coefficient (Wildman–Crippen LogP) is 1.50. The maximum Gasteiger partial charge on any atom is 0.305 e. The third-order valence-corrected chi connectivity index (χ3v) is 2.71. The standard InChI is InChI=1S/C13H17NO4/c1-3-9-4-5-11(15)10(8-9)13(18)14(2)7-6-12(16)17/h4-5,8,15H,3,6-7H2,1-2H3,(H,16,17). The summed E-state index contributed by atoms with van der Waals surface area (Å²) in [7, 11) is 1.52. The van der Waals surface area contributed by atoms with Gasteiger partial charge >= 0.3 is 5.97 Å². The lowest BCUT2D eigenvalue weighted by Crippen LogP contribution is -2.29. The highest BCUT2D eigenvalue weighted by molar-refractivity contribution is 5.97. The van der Waals surface area contributed by atoms with Crippen molar-refractivity contribution < 1.29 is 19.8 Å². The van der Waals surface area contributed by atoms with Crippen LogP contribution < -0.4 is 0 Å². The number of carboxylic acid groups (broad SMARTS) is 1. The molecular formula is C13H17NO4. The fraction of sp³-hybridized carbons (Fsp3) is 0.385. The number of nitrogens with zero attached hydrogens (tertiary/aromatic N) is 1. The first kappa shape index (κ1) is 14.0. The number of hydrogen-bond acceptors (Lipinski definition) is 3. The van der Waals surface area contributed by atoms with E-state index in [2.05, 4.69) is 0 Å². The second kappa shape index (κ2) is 6.05. The third-order valence-electron chi connectivity index (χ3n) is 2.71. The van der Waals surface area contributed by atoms with E-state index < -0.39 is 5.97 Å². The van der Waals surface area contributed by atoms with Crippen LogP contribution >= 0.6 is 0 Å². The van der Waals surface area contributed by atoms with Gasteiger partial charge in [-0.3, -0.25) is 9.59 Å². The highest BCUT2D eigenvalue weighted by Gasteiger charge is 2.16. The molecule has 0 saturated carbocycles. The van der Waals surface area contributed by atoms with E-state index in [1.54, 1.807) is 12.1 Å². The summed E-state index contributed by atoms with van der Waals surface area (Å²) in [5.74, 6) is -1.41. The van der Waals surface area contributed by atoms with E-state index in [9.17, 15) is 14.7 Å². The van der Waals surface area contributed by atoms with Crippen LogP contribution in [0.1, 0.15) is 29.3 Å². The number of carboxylic acids is 1. The van der Waals surface area contributed by atoms with Gasteiger partial charge in [-0.05, 0) is 24.1 Å². The Morgan fingerprint density at radius 3 is 2.56 bits per heavy atom. The fourth-order valence-corrected chi connectivity index (χ4v) is 1.54. The van der Waals surface area contributed by atoms with Crippen molar-refractivity contribution in [3.05, 3.63) is 29.3 Å². The molecule has 0 saturated heterocycles. The van der Waals surface area contributed by atoms with Crippen molar-refractivity contribution >= 4 is 11.9 Å². The van der Waals surface area contributed by atoms with Gasteiger partial charge in [0.25, 0.3) is 5.91 Å². The molecule has 0 aromatic heterocycles. The van der Waals surface area contributed by atoms with Gasteiger partial charge in [0.15, 0.2) is 0 Å². The normalized spacial score (nSPS) is 10.1. The Kier molecular flexibility index (Phi) is 4.71. The van der Waals surface area contributed by atoms with E-state index in [0.717, 1.165) is 12.0 Å². The average molecular weight is 251 g/mol. The van der Waals surface area contributed by atoms with Gasteiger partial charge < -0.3 is 15.1 Å². The van der Waals surface area contributed by atoms with Crippen molar-refractivity contribution in [2.75, 3.05) is 13.6 Å². The van der Waals surface area contributed by atoms with E-state index in [1.165, 1.54) is 18.0 Å². The Balaban J connectivity index is 2.85. The van der Waals surface area contributed by atoms with Gasteiger partial charge in [0.1, 0.15) is 5.75 Å². The summed E-state index contributed by atoms with van der Waals surface area (Å²) in [6, 6.07) is 4.87. The highest BCUT2D eigenvalue weighted by Crippen LogP contribution is 2.20. The number of hydrogen-bond donors (Lipinski definition) is 2. The van der Waals surface area contributed by atoms with Crippen molar-refractivity contribution in [2.45, 2.75) is 19.8 Å². The van der Waals surface area contributed by atoms with Crippen LogP contribution in [0.5, 0.6) is 5.75 Å². The Hall–Kier alpha value is -2.04. The van der Waals surface area contributed by atoms with Crippen molar-refractivity contribution in [3.8, 4) is 5.75 Å². The molecule has 0 bridgehead atoms. The molecular weight excluding hydrogens is 234 g/mol. The lowest BCUT2D eigenvalue weighted by atomic mass is 10.1. The zero-order valence-electron chi connectivity index (χ0n) is 10.5. The monoisotopic (exact) mass is 251 g/mol. The van der Waals surface area contributed by atoms with Gasteiger partial charge in [-0.25, -0.2) is 0 Å². The molecule has 1 aromatic carbocycles. The zero-order chi connectivity index (χ0) is 13.7. The molecule has 1 aromatic rings. The number of rotatable bonds is 5. The van der Waals surface area contributed by atoms with Crippen LogP contribution in [0, 0.1) is 0 Å². The number of phenols is 1. The first-order valence-electron chi connectivity index (χ1n) is 5.74. The number of aromatic hydroxyl groups is 1. The van der Waals surface area contributed by atoms with Crippen LogP contribution in [0.25, 0.3) is 0 Å². The lowest BCUT2D eigenvalue weighted by Gasteiger charge is -2.17. The van der Waals surface area contributed by atoms with Gasteiger partial charge in [0.2, 0.25) is 0 Å². The van der Waals surface area contributed by atoms with Crippen LogP contribution in [0.3, 0.4) is 0 Å². The second-order valence-electron chi connectivity index (χ2n) is 4.08. The number of amides is 1. The van der Waals surface area contributed by atoms with Gasteiger partial charge in [-0.2, -0.15) is 0 Å². The van der Waals surface area contributed by atoms with Gasteiger partial charge in [0, 0.05) is 13.6 Å². The summed E-state index contributed by atoms with van der Waals surface area (Å²) < 4.78 is 0. The summed E-state index contributed by atoms with van der Waals surface area (Å²) in [6.07, 6.45) is 0.649. The summed E-state index contributed by atoms with van der Waals surface area (Å²) in [4.78, 5) is 23.8. The van der Waals surface area contributed by atoms with E-state index >= 15 is 0 Å². The first-order chi connectivity index (χ1) is 8.45. The molecule has 98 valence electrons. The average Bonchev–Trinajstić information content (AvgIpc) is 2.35. The number of carbonyl (C=O) groups is 2. The van der Waals surface area contributed by atoms with E-state index in [0.29, 0.717) is 0 Å². The molecule has 0 unspecified atom stereocenters. The Bertz CT molecular complexity index is 456. The van der Waals surface area contributed by atoms with E-state index in [1.807, 2.05) is 6.92 Å². The molecule has 0 atom stereocenters. The molecule has 1 amide bonds. The summed E-state index contributed by atoms with van der Waals surface area (Å²) in [5, 5.41) is 18.2. The number of carbonyl (C=O) groups excluding carboxylic acids is 1.